The lowest BCUT2D eigenvalue weighted by Crippen LogP contribution is -2.26. The summed E-state index contributed by atoms with van der Waals surface area (Å²) in [6, 6.07) is 0. The smallest absolute Gasteiger partial charge is 0.194 e. The van der Waals surface area contributed by atoms with Gasteiger partial charge in [-0.1, -0.05) is 12.8 Å². The molecule has 6 heteroatoms. The molecule has 0 aromatic carbocycles. The summed E-state index contributed by atoms with van der Waals surface area (Å²) >= 11 is 0. The number of aryl methyl sites for hydroxylation is 1. The summed E-state index contributed by atoms with van der Waals surface area (Å²) in [6.07, 6.45) is 3.12. The number of carbonyl (C=O) groups is 2. The van der Waals surface area contributed by atoms with Crippen LogP contribution in [-0.2, 0) is 9.84 Å². The number of H-pyrrole nitrogens is 1. The Morgan fingerprint density at radius 3 is 2.24 bits per heavy atom. The van der Waals surface area contributed by atoms with E-state index in [9.17, 15) is 18.0 Å². The number of nitrogens with one attached hydrogen (secondary N) is 1. The van der Waals surface area contributed by atoms with Crippen LogP contribution in [0.3, 0.4) is 0 Å². The summed E-state index contributed by atoms with van der Waals surface area (Å²) in [4.78, 5) is 26.7. The van der Waals surface area contributed by atoms with E-state index in [-0.39, 0.29) is 16.7 Å². The van der Waals surface area contributed by atoms with Crippen LogP contribution in [0.2, 0.25) is 0 Å². The van der Waals surface area contributed by atoms with Crippen molar-refractivity contribution in [1.29, 1.82) is 0 Å². The van der Waals surface area contributed by atoms with Crippen LogP contribution in [0.1, 0.15) is 64.7 Å². The van der Waals surface area contributed by atoms with Crippen molar-refractivity contribution in [3.05, 3.63) is 22.5 Å². The van der Waals surface area contributed by atoms with Gasteiger partial charge in [0.15, 0.2) is 21.4 Å². The molecule has 0 aliphatic heterocycles. The van der Waals surface area contributed by atoms with Gasteiger partial charge in [0, 0.05) is 11.3 Å². The molecule has 21 heavy (non-hydrogen) atoms. The highest BCUT2D eigenvalue weighted by Crippen LogP contribution is 2.26. The Bertz CT molecular complexity index is 679. The largest absolute Gasteiger partial charge is 0.355 e. The van der Waals surface area contributed by atoms with Gasteiger partial charge in [-0.05, 0) is 39.2 Å². The van der Waals surface area contributed by atoms with Gasteiger partial charge in [0.2, 0.25) is 0 Å². The molecule has 1 aromatic heterocycles. The summed E-state index contributed by atoms with van der Waals surface area (Å²) in [7, 11) is -3.40. The average molecular weight is 311 g/mol. The summed E-state index contributed by atoms with van der Waals surface area (Å²) in [6.45, 7) is 4.83. The molecule has 1 saturated carbocycles. The third-order valence-corrected chi connectivity index (χ3v) is 6.36. The predicted molar refractivity (Wildman–Crippen MR) is 80.6 cm³/mol. The minimum absolute atomic E-state index is 0.126. The molecule has 1 N–H and O–H groups in total. The van der Waals surface area contributed by atoms with Crippen LogP contribution in [0.25, 0.3) is 0 Å². The first-order valence-corrected chi connectivity index (χ1v) is 8.90. The zero-order valence-electron chi connectivity index (χ0n) is 12.7. The molecule has 0 radical (unpaired) electrons. The van der Waals surface area contributed by atoms with Crippen LogP contribution in [-0.4, -0.2) is 36.0 Å². The van der Waals surface area contributed by atoms with E-state index >= 15 is 0 Å². The van der Waals surface area contributed by atoms with Gasteiger partial charge >= 0.3 is 0 Å². The molecule has 1 aliphatic carbocycles. The molecule has 0 unspecified atom stereocenters. The SMILES string of the molecule is CC(=O)c1c(C)[nH]c(C(=O)CS(=O)(=O)C2CCCC2)c1C. The minimum Gasteiger partial charge on any atom is -0.355 e. The Morgan fingerprint density at radius 2 is 1.76 bits per heavy atom. The summed E-state index contributed by atoms with van der Waals surface area (Å²) in [5.74, 6) is -1.05. The molecule has 1 aliphatic rings. The van der Waals surface area contributed by atoms with Crippen molar-refractivity contribution < 1.29 is 18.0 Å². The minimum atomic E-state index is -3.40. The summed E-state index contributed by atoms with van der Waals surface area (Å²) in [5, 5.41) is -0.384. The number of aromatic nitrogens is 1. The molecule has 116 valence electrons. The Labute approximate surface area is 125 Å². The van der Waals surface area contributed by atoms with E-state index in [1.165, 1.54) is 6.92 Å². The van der Waals surface area contributed by atoms with Crippen molar-refractivity contribution in [2.24, 2.45) is 0 Å². The fraction of sp³-hybridized carbons (Fsp3) is 0.600. The number of sulfone groups is 1. The molecular formula is C15H21NO4S. The van der Waals surface area contributed by atoms with Gasteiger partial charge in [-0.3, -0.25) is 9.59 Å². The first-order chi connectivity index (χ1) is 9.74. The van der Waals surface area contributed by atoms with E-state index in [0.29, 0.717) is 29.7 Å². The average Bonchev–Trinajstić information content (AvgIpc) is 2.96. The number of hydrogen-bond donors (Lipinski definition) is 1. The van der Waals surface area contributed by atoms with Gasteiger partial charge in [-0.25, -0.2) is 8.42 Å². The van der Waals surface area contributed by atoms with Gasteiger partial charge in [-0.15, -0.1) is 0 Å². The monoisotopic (exact) mass is 311 g/mol. The van der Waals surface area contributed by atoms with Crippen molar-refractivity contribution in [2.75, 3.05) is 5.75 Å². The molecule has 0 amide bonds. The maximum atomic E-state index is 12.3. The molecule has 0 bridgehead atoms. The van der Waals surface area contributed by atoms with Crippen LogP contribution in [0.15, 0.2) is 0 Å². The second-order valence-corrected chi connectivity index (χ2v) is 8.10. The standard InChI is InChI=1S/C15H21NO4S/c1-9-14(11(3)17)10(2)16-15(9)13(18)8-21(19,20)12-6-4-5-7-12/h12,16H,4-8H2,1-3H3. The topological polar surface area (TPSA) is 84.1 Å². The van der Waals surface area contributed by atoms with E-state index in [1.54, 1.807) is 13.8 Å². The first-order valence-electron chi connectivity index (χ1n) is 7.19. The molecular weight excluding hydrogens is 290 g/mol. The Hall–Kier alpha value is -1.43. The molecule has 5 nitrogen and oxygen atoms in total. The Morgan fingerprint density at radius 1 is 1.19 bits per heavy atom. The van der Waals surface area contributed by atoms with E-state index < -0.39 is 21.4 Å². The van der Waals surface area contributed by atoms with Crippen LogP contribution in [0, 0.1) is 13.8 Å². The van der Waals surface area contributed by atoms with E-state index in [2.05, 4.69) is 4.98 Å². The summed E-state index contributed by atoms with van der Waals surface area (Å²) < 4.78 is 24.5. The van der Waals surface area contributed by atoms with Crippen LogP contribution in [0.4, 0.5) is 0 Å². The lowest BCUT2D eigenvalue weighted by molar-refractivity contribution is 0.101. The number of carbonyl (C=O) groups excluding carboxylic acids is 2. The van der Waals surface area contributed by atoms with Gasteiger partial charge in [-0.2, -0.15) is 0 Å². The van der Waals surface area contributed by atoms with Crippen LogP contribution in [0.5, 0.6) is 0 Å². The molecule has 0 spiro atoms. The van der Waals surface area contributed by atoms with E-state index in [4.69, 9.17) is 0 Å². The van der Waals surface area contributed by atoms with Crippen LogP contribution < -0.4 is 0 Å². The highest BCUT2D eigenvalue weighted by Gasteiger charge is 2.32. The molecule has 2 rings (SSSR count). The molecule has 1 heterocycles. The molecule has 1 fully saturated rings. The lowest BCUT2D eigenvalue weighted by atomic mass is 10.1. The van der Waals surface area contributed by atoms with Crippen molar-refractivity contribution in [1.82, 2.24) is 4.98 Å². The normalized spacial score (nSPS) is 16.3. The van der Waals surface area contributed by atoms with Gasteiger partial charge in [0.25, 0.3) is 0 Å². The predicted octanol–water partition coefficient (Wildman–Crippen LogP) is 2.37. The lowest BCUT2D eigenvalue weighted by Gasteiger charge is -2.10. The molecule has 1 aromatic rings. The third-order valence-electron chi connectivity index (χ3n) is 4.21. The Kier molecular flexibility index (Phi) is 4.37. The van der Waals surface area contributed by atoms with Crippen molar-refractivity contribution in [3.8, 4) is 0 Å². The first kappa shape index (κ1) is 15.9. The zero-order chi connectivity index (χ0) is 15.8. The second-order valence-electron chi connectivity index (χ2n) is 5.82. The van der Waals surface area contributed by atoms with Crippen LogP contribution >= 0.6 is 0 Å². The fourth-order valence-corrected chi connectivity index (χ4v) is 4.97. The molecule has 0 atom stereocenters. The number of rotatable bonds is 5. The highest BCUT2D eigenvalue weighted by atomic mass is 32.2. The van der Waals surface area contributed by atoms with Crippen molar-refractivity contribution in [2.45, 2.75) is 51.7 Å². The van der Waals surface area contributed by atoms with E-state index in [0.717, 1.165) is 12.8 Å². The van der Waals surface area contributed by atoms with Gasteiger partial charge < -0.3 is 4.98 Å². The molecule has 0 saturated heterocycles. The second kappa shape index (κ2) is 5.75. The van der Waals surface area contributed by atoms with E-state index in [1.807, 2.05) is 0 Å². The quantitative estimate of drug-likeness (QED) is 0.846. The Balaban J connectivity index is 2.25. The van der Waals surface area contributed by atoms with Crippen molar-refractivity contribution in [3.63, 3.8) is 0 Å². The highest BCUT2D eigenvalue weighted by molar-refractivity contribution is 7.92. The number of aromatic amines is 1. The number of ketones is 2. The zero-order valence-corrected chi connectivity index (χ0v) is 13.5. The van der Waals surface area contributed by atoms with Gasteiger partial charge in [0.1, 0.15) is 5.75 Å². The van der Waals surface area contributed by atoms with Gasteiger partial charge in [0.05, 0.1) is 10.9 Å². The van der Waals surface area contributed by atoms with Crippen molar-refractivity contribution >= 4 is 21.4 Å². The maximum Gasteiger partial charge on any atom is 0.194 e. The summed E-state index contributed by atoms with van der Waals surface area (Å²) in [5.41, 5.74) is 1.89. The number of hydrogen-bond acceptors (Lipinski definition) is 4. The number of Topliss-reactive ketones (excluding diaryl/α,β-unsaturated/α-hetero) is 2. The third kappa shape index (κ3) is 3.10. The maximum absolute atomic E-state index is 12.3. The fourth-order valence-electron chi connectivity index (χ4n) is 3.18.